The molecule has 2 aromatic carbocycles. The predicted octanol–water partition coefficient (Wildman–Crippen LogP) is 2.97. The van der Waals surface area contributed by atoms with Crippen LogP contribution < -0.4 is 15.7 Å². The Hall–Kier alpha value is -3.77. The van der Waals surface area contributed by atoms with Gasteiger partial charge in [0.1, 0.15) is 40.6 Å². The molecule has 0 unspecified atom stereocenters. The second-order valence-electron chi connectivity index (χ2n) is 10.6. The van der Waals surface area contributed by atoms with E-state index in [1.54, 1.807) is 0 Å². The maximum absolute atomic E-state index is 13.7. The van der Waals surface area contributed by atoms with E-state index >= 15 is 0 Å². The Morgan fingerprint density at radius 2 is 1.61 bits per heavy atom. The summed E-state index contributed by atoms with van der Waals surface area (Å²) in [6, 6.07) is 0. The zero-order valence-corrected chi connectivity index (χ0v) is 23.2. The third kappa shape index (κ3) is 3.49. The molecule has 0 radical (unpaired) electrons. The molecular formula is C29H28ClNO10. The van der Waals surface area contributed by atoms with Gasteiger partial charge in [-0.25, -0.2) is 0 Å². The van der Waals surface area contributed by atoms with Gasteiger partial charge < -0.3 is 44.4 Å². The first-order valence-electron chi connectivity index (χ1n) is 13.2. The van der Waals surface area contributed by atoms with E-state index in [2.05, 4.69) is 0 Å². The summed E-state index contributed by atoms with van der Waals surface area (Å²) in [4.78, 5) is 27.2. The summed E-state index contributed by atoms with van der Waals surface area (Å²) >= 11 is 6.68. The quantitative estimate of drug-likeness (QED) is 0.195. The zero-order chi connectivity index (χ0) is 29.7. The second-order valence-corrected chi connectivity index (χ2v) is 11.0. The molecule has 0 fully saturated rings. The number of phenols is 3. The van der Waals surface area contributed by atoms with Crippen LogP contribution in [0.3, 0.4) is 0 Å². The fraction of sp³-hybridized carbons (Fsp3) is 0.379. The van der Waals surface area contributed by atoms with Gasteiger partial charge in [-0.1, -0.05) is 24.9 Å². The van der Waals surface area contributed by atoms with E-state index in [4.69, 9.17) is 20.8 Å². The topological polar surface area (TPSA) is 183 Å². The average molecular weight is 586 g/mol. The summed E-state index contributed by atoms with van der Waals surface area (Å²) in [6.45, 7) is 1.92. The highest BCUT2D eigenvalue weighted by Gasteiger charge is 2.40. The molecule has 11 nitrogen and oxygen atoms in total. The summed E-state index contributed by atoms with van der Waals surface area (Å²) in [7, 11) is 2.83. The Bertz CT molecular complexity index is 1930. The number of hydrogen-bond acceptors (Lipinski definition) is 10. The van der Waals surface area contributed by atoms with Crippen LogP contribution in [-0.4, -0.2) is 48.4 Å². The molecule has 0 saturated heterocycles. The van der Waals surface area contributed by atoms with Gasteiger partial charge in [0.2, 0.25) is 5.43 Å². The van der Waals surface area contributed by atoms with Gasteiger partial charge in [-0.15, -0.1) is 0 Å². The molecule has 0 saturated carbocycles. The lowest BCUT2D eigenvalue weighted by molar-refractivity contribution is -0.0373. The number of halogens is 1. The zero-order valence-electron chi connectivity index (χ0n) is 22.4. The highest BCUT2D eigenvalue weighted by atomic mass is 35.5. The number of nitrogens with zero attached hydrogens (tertiary/aromatic N) is 1. The largest absolute Gasteiger partial charge is 0.507 e. The summed E-state index contributed by atoms with van der Waals surface area (Å²) in [6.07, 6.45) is -3.35. The second kappa shape index (κ2) is 9.38. The van der Waals surface area contributed by atoms with Gasteiger partial charge in [0.15, 0.2) is 11.3 Å². The first kappa shape index (κ1) is 27.4. The van der Waals surface area contributed by atoms with Crippen molar-refractivity contribution in [1.29, 1.82) is 0 Å². The molecule has 3 atom stereocenters. The minimum atomic E-state index is -1.69. The van der Waals surface area contributed by atoms with Gasteiger partial charge in [0.25, 0.3) is 5.56 Å². The molecule has 0 bridgehead atoms. The molecule has 2 aliphatic carbocycles. The van der Waals surface area contributed by atoms with Gasteiger partial charge in [-0.05, 0) is 19.3 Å². The van der Waals surface area contributed by atoms with Crippen LogP contribution in [0.2, 0.25) is 5.02 Å². The first-order chi connectivity index (χ1) is 19.5. The molecule has 2 aromatic heterocycles. The number of aromatic nitrogens is 1. The number of rotatable bonds is 3. The number of aliphatic hydroxyl groups is 3. The summed E-state index contributed by atoms with van der Waals surface area (Å²) in [5.74, 6) is -1.72. The summed E-state index contributed by atoms with van der Waals surface area (Å²) < 4.78 is 12.8. The smallest absolute Gasteiger partial charge is 0.262 e. The normalized spacial score (nSPS) is 19.7. The summed E-state index contributed by atoms with van der Waals surface area (Å²) in [5.41, 5.74) is -1.20. The average Bonchev–Trinajstić information content (AvgIpc) is 2.94. The van der Waals surface area contributed by atoms with E-state index < -0.39 is 51.7 Å². The standard InChI is InChI=1S/C29H28ClNO10/c1-4-5-11-20(30)16-17(29(39)31(11)2)23(36)14-9(21(16)34)6-7-10-15(14)24(37)19-25(38)18-22(35)12(32)8-13(33)27(18)41-28(19)26(10)40-3/h12-13,22,32-37H,4-8H2,1-3H3/t12-,13-,22-/m1/s1. The SMILES string of the molecule is CCCc1c(Cl)c2c(O)c3c(c(O)c2c(=O)n1C)-c1c(c(OC)c2oc4c(c(=O)c2c1O)[C@H](O)[C@H](O)C[C@H]4O)CC3. The lowest BCUT2D eigenvalue weighted by Crippen LogP contribution is -2.33. The fourth-order valence-corrected chi connectivity index (χ4v) is 6.83. The molecule has 41 heavy (non-hydrogen) atoms. The van der Waals surface area contributed by atoms with Crippen molar-refractivity contribution in [3.8, 4) is 34.1 Å². The number of benzene rings is 2. The lowest BCUT2D eigenvalue weighted by Gasteiger charge is -2.30. The van der Waals surface area contributed by atoms with Crippen LogP contribution in [0.1, 0.15) is 60.1 Å². The van der Waals surface area contributed by atoms with Crippen molar-refractivity contribution < 1.29 is 39.8 Å². The number of ether oxygens (including phenoxy) is 1. The van der Waals surface area contributed by atoms with E-state index in [9.17, 15) is 40.2 Å². The van der Waals surface area contributed by atoms with Gasteiger partial charge in [-0.3, -0.25) is 9.59 Å². The maximum Gasteiger partial charge on any atom is 0.262 e. The van der Waals surface area contributed by atoms with Crippen LogP contribution >= 0.6 is 11.6 Å². The molecule has 12 heteroatoms. The van der Waals surface area contributed by atoms with Crippen molar-refractivity contribution in [3.63, 3.8) is 0 Å². The van der Waals surface area contributed by atoms with E-state index in [1.807, 2.05) is 6.92 Å². The minimum absolute atomic E-state index is 0.00448. The van der Waals surface area contributed by atoms with Crippen LogP contribution in [0.5, 0.6) is 23.0 Å². The van der Waals surface area contributed by atoms with Crippen LogP contribution in [0.25, 0.3) is 32.9 Å². The molecule has 2 heterocycles. The van der Waals surface area contributed by atoms with Crippen LogP contribution in [0, 0.1) is 0 Å². The third-order valence-electron chi connectivity index (χ3n) is 8.37. The maximum atomic E-state index is 13.7. The Balaban J connectivity index is 1.79. The summed E-state index contributed by atoms with van der Waals surface area (Å²) in [5, 5.41) is 65.4. The third-order valence-corrected chi connectivity index (χ3v) is 8.78. The van der Waals surface area contributed by atoms with E-state index in [-0.39, 0.29) is 74.6 Å². The van der Waals surface area contributed by atoms with E-state index in [1.165, 1.54) is 18.7 Å². The van der Waals surface area contributed by atoms with Crippen molar-refractivity contribution in [3.05, 3.63) is 53.7 Å². The Morgan fingerprint density at radius 3 is 2.27 bits per heavy atom. The molecule has 216 valence electrons. The van der Waals surface area contributed by atoms with Crippen molar-refractivity contribution in [2.24, 2.45) is 7.05 Å². The van der Waals surface area contributed by atoms with Crippen LogP contribution in [0.4, 0.5) is 0 Å². The molecule has 0 amide bonds. The highest BCUT2D eigenvalue weighted by Crippen LogP contribution is 2.56. The van der Waals surface area contributed by atoms with Crippen molar-refractivity contribution in [2.75, 3.05) is 7.11 Å². The van der Waals surface area contributed by atoms with Gasteiger partial charge in [0, 0.05) is 41.4 Å². The number of pyridine rings is 1. The molecule has 4 aromatic rings. The lowest BCUT2D eigenvalue weighted by atomic mass is 9.80. The van der Waals surface area contributed by atoms with Gasteiger partial charge in [-0.2, -0.15) is 0 Å². The van der Waals surface area contributed by atoms with Crippen molar-refractivity contribution >= 4 is 33.3 Å². The molecule has 0 aliphatic heterocycles. The number of phenolic OH excluding ortho intramolecular Hbond substituents is 3. The monoisotopic (exact) mass is 585 g/mol. The van der Waals surface area contributed by atoms with Gasteiger partial charge in [0.05, 0.1) is 34.6 Å². The Kier molecular flexibility index (Phi) is 6.27. The predicted molar refractivity (Wildman–Crippen MR) is 149 cm³/mol. The Morgan fingerprint density at radius 1 is 0.976 bits per heavy atom. The number of fused-ring (bicyclic) bond motifs is 6. The van der Waals surface area contributed by atoms with Crippen LogP contribution in [-0.2, 0) is 26.3 Å². The highest BCUT2D eigenvalue weighted by molar-refractivity contribution is 6.37. The van der Waals surface area contributed by atoms with Crippen LogP contribution in [0.15, 0.2) is 14.0 Å². The Labute approximate surface area is 237 Å². The number of aliphatic hydroxyl groups excluding tert-OH is 3. The number of methoxy groups -OCH3 is 1. The van der Waals surface area contributed by atoms with Gasteiger partial charge >= 0.3 is 0 Å². The molecule has 6 rings (SSSR count). The number of hydrogen-bond donors (Lipinski definition) is 6. The van der Waals surface area contributed by atoms with E-state index in [0.29, 0.717) is 24.1 Å². The molecular weight excluding hydrogens is 558 g/mol. The minimum Gasteiger partial charge on any atom is -0.507 e. The first-order valence-corrected chi connectivity index (χ1v) is 13.6. The molecule has 6 N–H and O–H groups in total. The number of aromatic hydroxyl groups is 3. The van der Waals surface area contributed by atoms with E-state index in [0.717, 1.165) is 0 Å². The molecule has 2 aliphatic rings. The fourth-order valence-electron chi connectivity index (χ4n) is 6.42. The van der Waals surface area contributed by atoms with Crippen molar-refractivity contribution in [1.82, 2.24) is 4.57 Å². The molecule has 0 spiro atoms. The van der Waals surface area contributed by atoms with Crippen molar-refractivity contribution in [2.45, 2.75) is 57.3 Å².